The van der Waals surface area contributed by atoms with Crippen molar-refractivity contribution in [3.63, 3.8) is 0 Å². The Hall–Kier alpha value is -1.82. The van der Waals surface area contributed by atoms with Gasteiger partial charge in [0, 0.05) is 18.9 Å². The molecule has 4 atom stereocenters. The fourth-order valence-electron chi connectivity index (χ4n) is 4.43. The van der Waals surface area contributed by atoms with Crippen molar-refractivity contribution in [2.24, 2.45) is 11.8 Å². The van der Waals surface area contributed by atoms with Crippen molar-refractivity contribution in [2.75, 3.05) is 0 Å². The van der Waals surface area contributed by atoms with E-state index < -0.39 is 0 Å². The van der Waals surface area contributed by atoms with Gasteiger partial charge in [0.1, 0.15) is 0 Å². The molecule has 0 unspecified atom stereocenters. The van der Waals surface area contributed by atoms with Gasteiger partial charge in [-0.05, 0) is 31.7 Å². The van der Waals surface area contributed by atoms with Crippen molar-refractivity contribution in [1.82, 2.24) is 4.90 Å². The second-order valence-corrected chi connectivity index (χ2v) is 6.21. The zero-order valence-electron chi connectivity index (χ0n) is 12.0. The highest BCUT2D eigenvalue weighted by Gasteiger charge is 2.57. The molecule has 2 fully saturated rings. The molecule has 0 radical (unpaired) electrons. The number of carbonyl (C=O) groups is 1. The van der Waals surface area contributed by atoms with Gasteiger partial charge in [0.25, 0.3) is 0 Å². The second kappa shape index (κ2) is 4.63. The maximum atomic E-state index is 12.2. The van der Waals surface area contributed by atoms with Crippen LogP contribution in [0.4, 0.5) is 0 Å². The summed E-state index contributed by atoms with van der Waals surface area (Å²) in [5, 5.41) is 9.46. The molecule has 1 aliphatic carbocycles. The highest BCUT2D eigenvalue weighted by atomic mass is 16.2. The Kier molecular flexibility index (Phi) is 3.05. The first-order valence-electron chi connectivity index (χ1n) is 7.34. The molecule has 0 spiro atoms. The first-order chi connectivity index (χ1) is 9.59. The number of hydrogen-bond donors (Lipinski definition) is 0. The van der Waals surface area contributed by atoms with Gasteiger partial charge in [-0.25, -0.2) is 0 Å². The van der Waals surface area contributed by atoms with Crippen molar-refractivity contribution >= 4 is 5.91 Å². The highest BCUT2D eigenvalue weighted by Crippen LogP contribution is 2.54. The molecule has 3 heteroatoms. The Morgan fingerprint density at radius 1 is 1.35 bits per heavy atom. The fourth-order valence-corrected chi connectivity index (χ4v) is 4.43. The molecule has 2 bridgehead atoms. The van der Waals surface area contributed by atoms with E-state index in [2.05, 4.69) is 25.1 Å². The van der Waals surface area contributed by atoms with Crippen LogP contribution < -0.4 is 0 Å². The van der Waals surface area contributed by atoms with E-state index in [0.717, 1.165) is 24.8 Å². The van der Waals surface area contributed by atoms with Crippen molar-refractivity contribution in [2.45, 2.75) is 44.7 Å². The third-order valence-electron chi connectivity index (χ3n) is 5.27. The molecule has 1 aromatic carbocycles. The lowest BCUT2D eigenvalue weighted by atomic mass is 9.70. The normalized spacial score (nSPS) is 35.6. The van der Waals surface area contributed by atoms with E-state index in [9.17, 15) is 10.1 Å². The maximum Gasteiger partial charge on any atom is 0.220 e. The first kappa shape index (κ1) is 13.2. The topological polar surface area (TPSA) is 44.1 Å². The quantitative estimate of drug-likeness (QED) is 0.785. The van der Waals surface area contributed by atoms with E-state index in [-0.39, 0.29) is 23.3 Å². The van der Waals surface area contributed by atoms with Crippen LogP contribution in [0.5, 0.6) is 0 Å². The minimum Gasteiger partial charge on any atom is -0.330 e. The van der Waals surface area contributed by atoms with Crippen LogP contribution in [0.3, 0.4) is 0 Å². The predicted octanol–water partition coefficient (Wildman–Crippen LogP) is 3.07. The van der Waals surface area contributed by atoms with Crippen LogP contribution >= 0.6 is 0 Å². The lowest BCUT2D eigenvalue weighted by Gasteiger charge is -2.40. The second-order valence-electron chi connectivity index (χ2n) is 6.21. The number of carbonyl (C=O) groups excluding carboxylic acids is 1. The van der Waals surface area contributed by atoms with Gasteiger partial charge < -0.3 is 4.90 Å². The predicted molar refractivity (Wildman–Crippen MR) is 76.5 cm³/mol. The molecule has 3 rings (SSSR count). The van der Waals surface area contributed by atoms with E-state index >= 15 is 0 Å². The summed E-state index contributed by atoms with van der Waals surface area (Å²) in [4.78, 5) is 14.3. The molecular weight excluding hydrogens is 248 g/mol. The van der Waals surface area contributed by atoms with Gasteiger partial charge in [0.05, 0.1) is 17.5 Å². The summed E-state index contributed by atoms with van der Waals surface area (Å²) in [6.07, 6.45) is 2.83. The molecular formula is C17H20N2O. The van der Waals surface area contributed by atoms with Crippen LogP contribution in [0.1, 0.15) is 38.7 Å². The smallest absolute Gasteiger partial charge is 0.220 e. The number of rotatable bonds is 1. The Balaban J connectivity index is 2.13. The Morgan fingerprint density at radius 3 is 2.65 bits per heavy atom. The Bertz CT molecular complexity index is 562. The number of amides is 1. The number of nitriles is 1. The first-order valence-corrected chi connectivity index (χ1v) is 7.34. The molecule has 104 valence electrons. The monoisotopic (exact) mass is 268 g/mol. The van der Waals surface area contributed by atoms with Crippen LogP contribution in [0, 0.1) is 23.2 Å². The van der Waals surface area contributed by atoms with Crippen molar-refractivity contribution in [3.8, 4) is 6.07 Å². The highest BCUT2D eigenvalue weighted by molar-refractivity contribution is 5.75. The van der Waals surface area contributed by atoms with E-state index in [1.165, 1.54) is 0 Å². The molecule has 3 nitrogen and oxygen atoms in total. The van der Waals surface area contributed by atoms with Crippen LogP contribution in [-0.4, -0.2) is 16.8 Å². The number of likely N-dealkylation sites (tertiary alicyclic amines) is 1. The number of fused-ring (bicyclic) bond motifs is 2. The van der Waals surface area contributed by atoms with Crippen LogP contribution in [0.15, 0.2) is 30.3 Å². The maximum absolute atomic E-state index is 12.2. The molecule has 0 N–H and O–H groups in total. The van der Waals surface area contributed by atoms with Crippen molar-refractivity contribution < 1.29 is 4.79 Å². The van der Waals surface area contributed by atoms with Gasteiger partial charge in [-0.15, -0.1) is 0 Å². The Morgan fingerprint density at radius 2 is 2.05 bits per heavy atom. The lowest BCUT2D eigenvalue weighted by Crippen LogP contribution is -2.47. The zero-order chi connectivity index (χ0) is 14.3. The summed E-state index contributed by atoms with van der Waals surface area (Å²) in [6, 6.07) is 13.0. The number of benzene rings is 1. The summed E-state index contributed by atoms with van der Waals surface area (Å²) < 4.78 is 0. The SMILES string of the molecule is CC(=O)N1[C@@H]2CC[C@@H](C#N)[C@@H](C2)[C@@]1(C)c1ccccc1. The van der Waals surface area contributed by atoms with E-state index in [4.69, 9.17) is 0 Å². The fraction of sp³-hybridized carbons (Fsp3) is 0.529. The van der Waals surface area contributed by atoms with Crippen molar-refractivity contribution in [1.29, 1.82) is 5.26 Å². The van der Waals surface area contributed by atoms with Crippen LogP contribution in [0.25, 0.3) is 0 Å². The van der Waals surface area contributed by atoms with Gasteiger partial charge in [0.2, 0.25) is 5.91 Å². The molecule has 1 saturated carbocycles. The number of nitrogens with zero attached hydrogens (tertiary/aromatic N) is 2. The molecule has 1 saturated heterocycles. The van der Waals surface area contributed by atoms with Crippen molar-refractivity contribution in [3.05, 3.63) is 35.9 Å². The average Bonchev–Trinajstić information content (AvgIpc) is 2.70. The molecule has 1 heterocycles. The largest absolute Gasteiger partial charge is 0.330 e. The van der Waals surface area contributed by atoms with Gasteiger partial charge in [-0.3, -0.25) is 4.79 Å². The summed E-state index contributed by atoms with van der Waals surface area (Å²) in [7, 11) is 0. The standard InChI is InChI=1S/C17H20N2O/c1-12(20)19-15-9-8-13(11-18)16(10-15)17(19,2)14-6-4-3-5-7-14/h3-7,13,15-16H,8-10H2,1-2H3/t13-,15+,16+,17+/m0/s1. The third kappa shape index (κ3) is 1.67. The summed E-state index contributed by atoms with van der Waals surface area (Å²) >= 11 is 0. The van der Waals surface area contributed by atoms with E-state index in [1.807, 2.05) is 23.1 Å². The minimum atomic E-state index is -0.339. The number of hydrogen-bond acceptors (Lipinski definition) is 2. The molecule has 2 aliphatic rings. The van der Waals surface area contributed by atoms with Crippen LogP contribution in [-0.2, 0) is 10.3 Å². The zero-order valence-corrected chi connectivity index (χ0v) is 12.0. The minimum absolute atomic E-state index is 0.0563. The summed E-state index contributed by atoms with van der Waals surface area (Å²) in [6.45, 7) is 3.80. The van der Waals surface area contributed by atoms with Gasteiger partial charge >= 0.3 is 0 Å². The third-order valence-corrected chi connectivity index (χ3v) is 5.27. The van der Waals surface area contributed by atoms with Crippen LogP contribution in [0.2, 0.25) is 0 Å². The summed E-state index contributed by atoms with van der Waals surface area (Å²) in [5.74, 6) is 0.431. The van der Waals surface area contributed by atoms with Gasteiger partial charge in [0.15, 0.2) is 0 Å². The molecule has 0 aromatic heterocycles. The summed E-state index contributed by atoms with van der Waals surface area (Å²) in [5.41, 5.74) is 0.819. The molecule has 1 amide bonds. The lowest BCUT2D eigenvalue weighted by molar-refractivity contribution is -0.135. The van der Waals surface area contributed by atoms with E-state index in [0.29, 0.717) is 6.04 Å². The Labute approximate surface area is 120 Å². The van der Waals surface area contributed by atoms with Gasteiger partial charge in [-0.2, -0.15) is 5.26 Å². The molecule has 20 heavy (non-hydrogen) atoms. The molecule has 1 aliphatic heterocycles. The average molecular weight is 268 g/mol. The van der Waals surface area contributed by atoms with Gasteiger partial charge in [-0.1, -0.05) is 30.3 Å². The van der Waals surface area contributed by atoms with E-state index in [1.54, 1.807) is 6.92 Å². The molecule has 1 aromatic rings.